The smallest absolute Gasteiger partial charge is 0.266 e. The van der Waals surface area contributed by atoms with E-state index in [1.54, 1.807) is 28.5 Å². The number of nitrogens with one attached hydrogen (secondary N) is 1. The number of aromatic nitrogens is 2. The summed E-state index contributed by atoms with van der Waals surface area (Å²) in [5.74, 6) is 0.491. The lowest BCUT2D eigenvalue weighted by Crippen LogP contribution is -2.34. The van der Waals surface area contributed by atoms with Crippen LogP contribution < -0.4 is 9.64 Å². The molecule has 2 aromatic heterocycles. The number of ether oxygens (including phenoxy) is 1. The zero-order chi connectivity index (χ0) is 16.9. The summed E-state index contributed by atoms with van der Waals surface area (Å²) in [5.41, 5.74) is 1.16. The number of anilines is 1. The van der Waals surface area contributed by atoms with E-state index in [4.69, 9.17) is 4.74 Å². The average molecular weight is 345 g/mol. The Hall–Kier alpha value is -2.67. The molecule has 0 unspecified atom stereocenters. The fourth-order valence-corrected chi connectivity index (χ4v) is 3.05. The normalized spacial score (nSPS) is 10.6. The molecule has 3 aromatic rings. The second-order valence-electron chi connectivity index (χ2n) is 5.25. The first-order valence-corrected chi connectivity index (χ1v) is 8.22. The lowest BCUT2D eigenvalue weighted by atomic mass is 10.3. The van der Waals surface area contributed by atoms with Crippen LogP contribution in [0.3, 0.4) is 0 Å². The van der Waals surface area contributed by atoms with Gasteiger partial charge in [0.05, 0.1) is 12.7 Å². The van der Waals surface area contributed by atoms with E-state index in [9.17, 15) is 9.18 Å². The predicted molar refractivity (Wildman–Crippen MR) is 90.7 cm³/mol. The Kier molecular flexibility index (Phi) is 4.90. The highest BCUT2D eigenvalue weighted by Crippen LogP contribution is 2.20. The van der Waals surface area contributed by atoms with Crippen molar-refractivity contribution < 1.29 is 13.9 Å². The molecule has 0 saturated heterocycles. The van der Waals surface area contributed by atoms with Gasteiger partial charge in [-0.05, 0) is 48.2 Å². The molecule has 124 valence electrons. The van der Waals surface area contributed by atoms with Gasteiger partial charge in [0.1, 0.15) is 17.4 Å². The number of aromatic amines is 1. The minimum atomic E-state index is -0.346. The fourth-order valence-electron chi connectivity index (χ4n) is 2.19. The van der Waals surface area contributed by atoms with E-state index in [0.717, 1.165) is 10.4 Å². The minimum absolute atomic E-state index is 0.144. The van der Waals surface area contributed by atoms with Crippen molar-refractivity contribution in [3.8, 4) is 5.75 Å². The molecule has 0 aliphatic heterocycles. The number of hydrogen-bond donors (Lipinski definition) is 1. The maximum Gasteiger partial charge on any atom is 0.266 e. The van der Waals surface area contributed by atoms with E-state index in [2.05, 4.69) is 10.2 Å². The number of thiophene rings is 1. The maximum absolute atomic E-state index is 12.9. The Bertz CT molecular complexity index is 800. The number of carbonyl (C=O) groups is 1. The highest BCUT2D eigenvalue weighted by Gasteiger charge is 2.19. The molecule has 0 aliphatic carbocycles. The second kappa shape index (κ2) is 7.27. The molecule has 0 saturated carbocycles. The van der Waals surface area contributed by atoms with Crippen LogP contribution in [0.5, 0.6) is 5.75 Å². The van der Waals surface area contributed by atoms with Gasteiger partial charge >= 0.3 is 0 Å². The number of rotatable bonds is 6. The van der Waals surface area contributed by atoms with Crippen LogP contribution >= 0.6 is 11.3 Å². The highest BCUT2D eigenvalue weighted by molar-refractivity contribution is 7.10. The third kappa shape index (κ3) is 3.99. The van der Waals surface area contributed by atoms with Gasteiger partial charge in [-0.25, -0.2) is 4.39 Å². The van der Waals surface area contributed by atoms with Crippen molar-refractivity contribution in [2.45, 2.75) is 13.5 Å². The van der Waals surface area contributed by atoms with Crippen LogP contribution in [0.15, 0.2) is 48.0 Å². The molecule has 0 spiro atoms. The lowest BCUT2D eigenvalue weighted by molar-refractivity contribution is -0.120. The summed E-state index contributed by atoms with van der Waals surface area (Å²) in [4.78, 5) is 15.2. The summed E-state index contributed by atoms with van der Waals surface area (Å²) in [7, 11) is 0. The number of H-pyrrole nitrogens is 1. The minimum Gasteiger partial charge on any atom is -0.484 e. The van der Waals surface area contributed by atoms with Crippen molar-refractivity contribution in [1.29, 1.82) is 0 Å². The summed E-state index contributed by atoms with van der Waals surface area (Å²) in [5, 5.41) is 8.75. The van der Waals surface area contributed by atoms with Crippen molar-refractivity contribution >= 4 is 23.1 Å². The number of halogens is 1. The molecule has 7 heteroatoms. The summed E-state index contributed by atoms with van der Waals surface area (Å²) >= 11 is 1.60. The van der Waals surface area contributed by atoms with Crippen molar-refractivity contribution in [1.82, 2.24) is 10.2 Å². The van der Waals surface area contributed by atoms with E-state index in [1.165, 1.54) is 24.3 Å². The summed E-state index contributed by atoms with van der Waals surface area (Å²) in [6, 6.07) is 9.34. The molecular weight excluding hydrogens is 329 g/mol. The van der Waals surface area contributed by atoms with Crippen LogP contribution in [-0.4, -0.2) is 22.7 Å². The maximum atomic E-state index is 12.9. The second-order valence-corrected chi connectivity index (χ2v) is 6.25. The number of benzene rings is 1. The van der Waals surface area contributed by atoms with Crippen LogP contribution in [0.25, 0.3) is 0 Å². The van der Waals surface area contributed by atoms with Gasteiger partial charge in [0.2, 0.25) is 0 Å². The Morgan fingerprint density at radius 3 is 2.75 bits per heavy atom. The molecule has 0 aliphatic rings. The molecule has 1 amide bonds. The van der Waals surface area contributed by atoms with Gasteiger partial charge in [-0.2, -0.15) is 5.10 Å². The third-order valence-corrected chi connectivity index (χ3v) is 4.39. The average Bonchev–Trinajstić information content (AvgIpc) is 3.23. The Morgan fingerprint density at radius 1 is 1.33 bits per heavy atom. The van der Waals surface area contributed by atoms with E-state index in [-0.39, 0.29) is 18.3 Å². The molecule has 1 N–H and O–H groups in total. The zero-order valence-electron chi connectivity index (χ0n) is 13.0. The molecule has 2 heterocycles. The molecular formula is C17H16FN3O2S. The van der Waals surface area contributed by atoms with Crippen LogP contribution in [-0.2, 0) is 11.3 Å². The first-order valence-electron chi connectivity index (χ1n) is 7.34. The molecule has 0 bridgehead atoms. The highest BCUT2D eigenvalue weighted by atomic mass is 32.1. The Balaban J connectivity index is 1.70. The topological polar surface area (TPSA) is 58.2 Å². The summed E-state index contributed by atoms with van der Waals surface area (Å²) < 4.78 is 18.4. The van der Waals surface area contributed by atoms with E-state index in [0.29, 0.717) is 18.1 Å². The van der Waals surface area contributed by atoms with Gasteiger partial charge in [-0.1, -0.05) is 0 Å². The Morgan fingerprint density at radius 2 is 2.12 bits per heavy atom. The van der Waals surface area contributed by atoms with Gasteiger partial charge in [0.25, 0.3) is 5.91 Å². The molecule has 3 rings (SSSR count). The number of amides is 1. The van der Waals surface area contributed by atoms with Crippen molar-refractivity contribution in [2.24, 2.45) is 0 Å². The van der Waals surface area contributed by atoms with Gasteiger partial charge in [0.15, 0.2) is 6.61 Å². The first-order chi connectivity index (χ1) is 11.6. The van der Waals surface area contributed by atoms with Gasteiger partial charge in [-0.15, -0.1) is 11.3 Å². The summed E-state index contributed by atoms with van der Waals surface area (Å²) in [6.45, 7) is 2.31. The van der Waals surface area contributed by atoms with E-state index >= 15 is 0 Å². The quantitative estimate of drug-likeness (QED) is 0.743. The van der Waals surface area contributed by atoms with Crippen LogP contribution in [0, 0.1) is 12.7 Å². The largest absolute Gasteiger partial charge is 0.484 e. The summed E-state index contributed by atoms with van der Waals surface area (Å²) in [6.07, 6.45) is 1.59. The van der Waals surface area contributed by atoms with Crippen LogP contribution in [0.4, 0.5) is 10.2 Å². The molecule has 24 heavy (non-hydrogen) atoms. The standard InChI is InChI=1S/C17H16FN3O2S/c1-12-8-15(24-11-12)9-21(16-6-7-19-20-16)17(22)10-23-14-4-2-13(18)3-5-14/h2-8,11H,9-10H2,1H3,(H,19,20). The zero-order valence-corrected chi connectivity index (χ0v) is 13.8. The van der Waals surface area contributed by atoms with Gasteiger partial charge < -0.3 is 4.74 Å². The molecule has 0 radical (unpaired) electrons. The number of carbonyl (C=O) groups excluding carboxylic acids is 1. The van der Waals surface area contributed by atoms with Crippen molar-refractivity contribution in [3.63, 3.8) is 0 Å². The molecule has 5 nitrogen and oxygen atoms in total. The third-order valence-electron chi connectivity index (χ3n) is 3.35. The number of hydrogen-bond acceptors (Lipinski definition) is 4. The van der Waals surface area contributed by atoms with E-state index in [1.807, 2.05) is 18.4 Å². The SMILES string of the molecule is Cc1csc(CN(C(=O)COc2ccc(F)cc2)c2ccn[nH]2)c1. The molecule has 0 fully saturated rings. The molecule has 1 aromatic carbocycles. The van der Waals surface area contributed by atoms with E-state index < -0.39 is 0 Å². The molecule has 0 atom stereocenters. The van der Waals surface area contributed by atoms with Gasteiger partial charge in [0, 0.05) is 10.9 Å². The lowest BCUT2D eigenvalue weighted by Gasteiger charge is -2.20. The van der Waals surface area contributed by atoms with Crippen molar-refractivity contribution in [3.05, 3.63) is 64.2 Å². The van der Waals surface area contributed by atoms with Crippen molar-refractivity contribution in [2.75, 3.05) is 11.5 Å². The van der Waals surface area contributed by atoms with Gasteiger partial charge in [-0.3, -0.25) is 14.8 Å². The Labute approximate surface area is 142 Å². The number of nitrogens with zero attached hydrogens (tertiary/aromatic N) is 2. The number of aryl methyl sites for hydroxylation is 1. The van der Waals surface area contributed by atoms with Crippen LogP contribution in [0.2, 0.25) is 0 Å². The van der Waals surface area contributed by atoms with Crippen LogP contribution in [0.1, 0.15) is 10.4 Å². The first kappa shape index (κ1) is 16.2. The fraction of sp³-hybridized carbons (Fsp3) is 0.176. The monoisotopic (exact) mass is 345 g/mol. The predicted octanol–water partition coefficient (Wildman–Crippen LogP) is 3.53.